The summed E-state index contributed by atoms with van der Waals surface area (Å²) in [7, 11) is 0. The van der Waals surface area contributed by atoms with Crippen molar-refractivity contribution in [3.8, 4) is 0 Å². The number of carbonyl (C=O) groups is 1. The summed E-state index contributed by atoms with van der Waals surface area (Å²) in [5.41, 5.74) is 8.65. The van der Waals surface area contributed by atoms with Crippen LogP contribution in [0.4, 0.5) is 4.79 Å². The Hall–Kier alpha value is -1.07. The van der Waals surface area contributed by atoms with Gasteiger partial charge in [0.1, 0.15) is 5.60 Å². The molecule has 1 aliphatic heterocycles. The highest BCUT2D eigenvalue weighted by molar-refractivity contribution is 9.10. The predicted octanol–water partition coefficient (Wildman–Crippen LogP) is 4.12. The Morgan fingerprint density at radius 1 is 1.35 bits per heavy atom. The number of ether oxygens (including phenoxy) is 1. The zero-order chi connectivity index (χ0) is 16.8. The molecular weight excluding hydrogens is 356 g/mol. The first-order valence-corrected chi connectivity index (χ1v) is 9.03. The van der Waals surface area contributed by atoms with E-state index in [2.05, 4.69) is 34.1 Å². The first-order valence-electron chi connectivity index (χ1n) is 8.24. The highest BCUT2D eigenvalue weighted by Crippen LogP contribution is 2.50. The fraction of sp³-hybridized carbons (Fsp3) is 0.611. The third-order valence-corrected chi connectivity index (χ3v) is 5.46. The molecule has 1 heterocycles. The number of nitrogens with zero attached hydrogens (tertiary/aromatic N) is 1. The van der Waals surface area contributed by atoms with E-state index in [1.54, 1.807) is 0 Å². The molecule has 23 heavy (non-hydrogen) atoms. The smallest absolute Gasteiger partial charge is 0.410 e. The van der Waals surface area contributed by atoms with Gasteiger partial charge in [-0.1, -0.05) is 22.0 Å². The molecule has 126 valence electrons. The number of fused-ring (bicyclic) bond motifs is 2. The number of benzene rings is 1. The Labute approximate surface area is 146 Å². The van der Waals surface area contributed by atoms with Gasteiger partial charge in [0, 0.05) is 29.0 Å². The Balaban J connectivity index is 1.75. The van der Waals surface area contributed by atoms with Crippen molar-refractivity contribution in [2.24, 2.45) is 5.73 Å². The second kappa shape index (κ2) is 5.78. The molecule has 1 amide bonds. The van der Waals surface area contributed by atoms with Crippen LogP contribution in [-0.4, -0.2) is 29.7 Å². The van der Waals surface area contributed by atoms with Crippen LogP contribution in [0.15, 0.2) is 22.7 Å². The Morgan fingerprint density at radius 2 is 2.00 bits per heavy atom. The highest BCUT2D eigenvalue weighted by atomic mass is 79.9. The monoisotopic (exact) mass is 380 g/mol. The van der Waals surface area contributed by atoms with Crippen LogP contribution < -0.4 is 5.73 Å². The summed E-state index contributed by atoms with van der Waals surface area (Å²) in [6, 6.07) is 6.52. The van der Waals surface area contributed by atoms with E-state index in [1.807, 2.05) is 25.7 Å². The molecule has 1 aliphatic carbocycles. The van der Waals surface area contributed by atoms with E-state index < -0.39 is 5.60 Å². The molecular formula is C18H25BrN2O2. The van der Waals surface area contributed by atoms with Crippen molar-refractivity contribution in [2.75, 3.05) is 13.1 Å². The average Bonchev–Trinajstić information content (AvgIpc) is 2.70. The van der Waals surface area contributed by atoms with Crippen LogP contribution in [0.25, 0.3) is 0 Å². The largest absolute Gasteiger partial charge is 0.444 e. The molecule has 1 aromatic rings. The lowest BCUT2D eigenvalue weighted by Gasteiger charge is -2.40. The van der Waals surface area contributed by atoms with E-state index in [-0.39, 0.29) is 17.6 Å². The summed E-state index contributed by atoms with van der Waals surface area (Å²) in [6.07, 6.45) is 2.66. The Kier molecular flexibility index (Phi) is 4.21. The second-order valence-corrected chi connectivity index (χ2v) is 8.71. The average molecular weight is 381 g/mol. The first-order chi connectivity index (χ1) is 10.7. The summed E-state index contributed by atoms with van der Waals surface area (Å²) < 4.78 is 6.59. The number of amides is 1. The van der Waals surface area contributed by atoms with Gasteiger partial charge in [-0.25, -0.2) is 4.79 Å². The molecule has 1 fully saturated rings. The Bertz CT molecular complexity index is 616. The van der Waals surface area contributed by atoms with Gasteiger partial charge >= 0.3 is 6.09 Å². The van der Waals surface area contributed by atoms with Crippen molar-refractivity contribution < 1.29 is 9.53 Å². The van der Waals surface area contributed by atoms with E-state index in [0.29, 0.717) is 0 Å². The van der Waals surface area contributed by atoms with Crippen molar-refractivity contribution in [1.82, 2.24) is 4.90 Å². The molecule has 4 nitrogen and oxygen atoms in total. The summed E-state index contributed by atoms with van der Waals surface area (Å²) in [5.74, 6) is 0. The number of nitrogens with two attached hydrogens (primary N) is 1. The summed E-state index contributed by atoms with van der Waals surface area (Å²) >= 11 is 3.58. The third kappa shape index (κ3) is 3.26. The lowest BCUT2D eigenvalue weighted by Crippen LogP contribution is -2.46. The zero-order valence-electron chi connectivity index (χ0n) is 14.1. The lowest BCUT2D eigenvalue weighted by atomic mass is 9.74. The van der Waals surface area contributed by atoms with Crippen LogP contribution in [0, 0.1) is 0 Å². The molecule has 3 rings (SSSR count). The van der Waals surface area contributed by atoms with Gasteiger partial charge < -0.3 is 15.4 Å². The molecule has 1 atom stereocenters. The van der Waals surface area contributed by atoms with Crippen LogP contribution in [0.2, 0.25) is 0 Å². The van der Waals surface area contributed by atoms with Crippen LogP contribution in [0.5, 0.6) is 0 Å². The molecule has 1 unspecified atom stereocenters. The minimum absolute atomic E-state index is 0.103. The van der Waals surface area contributed by atoms with Gasteiger partial charge in [-0.3, -0.25) is 0 Å². The van der Waals surface area contributed by atoms with Crippen LogP contribution >= 0.6 is 15.9 Å². The van der Waals surface area contributed by atoms with Gasteiger partial charge in [0.2, 0.25) is 0 Å². The maximum Gasteiger partial charge on any atom is 0.410 e. The minimum Gasteiger partial charge on any atom is -0.444 e. The van der Waals surface area contributed by atoms with Gasteiger partial charge in [0.25, 0.3) is 0 Å². The van der Waals surface area contributed by atoms with E-state index in [1.165, 1.54) is 11.1 Å². The normalized spacial score (nSPS) is 23.0. The maximum atomic E-state index is 12.3. The van der Waals surface area contributed by atoms with Gasteiger partial charge in [0.05, 0.1) is 0 Å². The number of likely N-dealkylation sites (tertiary alicyclic amines) is 1. The number of carbonyl (C=O) groups excluding carboxylic acids is 1. The minimum atomic E-state index is -0.445. The third-order valence-electron chi connectivity index (χ3n) is 4.97. The predicted molar refractivity (Wildman–Crippen MR) is 94.4 cm³/mol. The summed E-state index contributed by atoms with van der Waals surface area (Å²) in [4.78, 5) is 14.1. The molecule has 0 aromatic heterocycles. The van der Waals surface area contributed by atoms with Gasteiger partial charge in [0.15, 0.2) is 0 Å². The zero-order valence-corrected chi connectivity index (χ0v) is 15.6. The van der Waals surface area contributed by atoms with Crippen molar-refractivity contribution in [3.63, 3.8) is 0 Å². The van der Waals surface area contributed by atoms with E-state index in [4.69, 9.17) is 10.5 Å². The number of halogens is 1. The molecule has 0 saturated carbocycles. The molecule has 0 bridgehead atoms. The van der Waals surface area contributed by atoms with Crippen LogP contribution in [0.3, 0.4) is 0 Å². The molecule has 2 aliphatic rings. The van der Waals surface area contributed by atoms with Crippen molar-refractivity contribution in [3.05, 3.63) is 33.8 Å². The second-order valence-electron chi connectivity index (χ2n) is 7.79. The highest BCUT2D eigenvalue weighted by Gasteiger charge is 2.45. The number of hydrogen-bond acceptors (Lipinski definition) is 3. The quantitative estimate of drug-likeness (QED) is 0.736. The summed E-state index contributed by atoms with van der Waals surface area (Å²) in [5, 5.41) is 0. The van der Waals surface area contributed by atoms with Gasteiger partial charge in [-0.15, -0.1) is 0 Å². The number of piperidine rings is 1. The topological polar surface area (TPSA) is 55.6 Å². The van der Waals surface area contributed by atoms with E-state index >= 15 is 0 Å². The number of hydrogen-bond donors (Lipinski definition) is 1. The Morgan fingerprint density at radius 3 is 2.61 bits per heavy atom. The molecule has 5 heteroatoms. The van der Waals surface area contributed by atoms with E-state index in [0.717, 1.165) is 36.8 Å². The van der Waals surface area contributed by atoms with Crippen molar-refractivity contribution >= 4 is 22.0 Å². The van der Waals surface area contributed by atoms with Gasteiger partial charge in [-0.2, -0.15) is 0 Å². The maximum absolute atomic E-state index is 12.3. The standard InChI is InChI=1S/C18H25BrN2O2/c1-17(2,3)23-16(22)21-8-6-18(7-9-21)11-15(20)13-5-4-12(19)10-14(13)18/h4-5,10,15H,6-9,11,20H2,1-3H3. The van der Waals surface area contributed by atoms with Crippen LogP contribution in [-0.2, 0) is 10.2 Å². The fourth-order valence-electron chi connectivity index (χ4n) is 3.87. The fourth-order valence-corrected chi connectivity index (χ4v) is 4.23. The first kappa shape index (κ1) is 16.8. The number of rotatable bonds is 0. The molecule has 1 spiro atoms. The molecule has 2 N–H and O–H groups in total. The molecule has 1 aromatic carbocycles. The van der Waals surface area contributed by atoms with Crippen molar-refractivity contribution in [1.29, 1.82) is 0 Å². The summed E-state index contributed by atoms with van der Waals surface area (Å²) in [6.45, 7) is 7.17. The lowest BCUT2D eigenvalue weighted by molar-refractivity contribution is 0.0162. The van der Waals surface area contributed by atoms with E-state index in [9.17, 15) is 4.79 Å². The molecule has 1 saturated heterocycles. The van der Waals surface area contributed by atoms with Crippen molar-refractivity contribution in [2.45, 2.75) is 57.1 Å². The van der Waals surface area contributed by atoms with Gasteiger partial charge in [-0.05, 0) is 63.3 Å². The SMILES string of the molecule is CC(C)(C)OC(=O)N1CCC2(CC1)CC(N)c1ccc(Br)cc12. The van der Waals surface area contributed by atoms with Crippen LogP contribution in [0.1, 0.15) is 57.2 Å². The molecule has 0 radical (unpaired) electrons.